The number of halogens is 2. The first-order valence-electron chi connectivity index (χ1n) is 9.19. The Morgan fingerprint density at radius 2 is 1.63 bits per heavy atom. The van der Waals surface area contributed by atoms with E-state index in [0.29, 0.717) is 12.7 Å². The Labute approximate surface area is 186 Å². The number of hydrogen-bond donors (Lipinski definition) is 3. The molecular weight excluding hydrogens is 448 g/mol. The summed E-state index contributed by atoms with van der Waals surface area (Å²) in [4.78, 5) is 17.2. The average Bonchev–Trinajstić information content (AvgIpc) is 3.47. The minimum Gasteiger partial charge on any atom is -0.383 e. The molecule has 0 fully saturated rings. The molecule has 0 saturated heterocycles. The van der Waals surface area contributed by atoms with Gasteiger partial charge in [-0.15, -0.1) is 34.0 Å². The lowest BCUT2D eigenvalue weighted by molar-refractivity contribution is -0.165. The minimum absolute atomic E-state index is 0.165. The summed E-state index contributed by atoms with van der Waals surface area (Å²) in [5, 5.41) is 19.5. The van der Waals surface area contributed by atoms with Crippen LogP contribution in [-0.2, 0) is 11.2 Å². The van der Waals surface area contributed by atoms with Crippen LogP contribution in [-0.4, -0.2) is 35.7 Å². The Morgan fingerprint density at radius 1 is 1.07 bits per heavy atom. The van der Waals surface area contributed by atoms with Crippen LogP contribution in [0.4, 0.5) is 8.78 Å². The number of hydrogen-bond acceptors (Lipinski definition) is 7. The second-order valence-corrected chi connectivity index (χ2v) is 10.3. The van der Waals surface area contributed by atoms with Crippen molar-refractivity contribution in [2.45, 2.75) is 38.7 Å². The molecule has 3 aromatic heterocycles. The highest BCUT2D eigenvalue weighted by Gasteiger charge is 2.49. The fraction of sp³-hybridized carbons (Fsp3) is 0.381. The molecule has 0 aromatic carbocycles. The maximum atomic E-state index is 13.2. The van der Waals surface area contributed by atoms with Gasteiger partial charge in [-0.2, -0.15) is 0 Å². The zero-order valence-corrected chi connectivity index (χ0v) is 19.3. The van der Waals surface area contributed by atoms with Crippen molar-refractivity contribution in [3.8, 4) is 19.5 Å². The molecule has 3 N–H and O–H groups in total. The molecule has 3 heterocycles. The van der Waals surface area contributed by atoms with Gasteiger partial charge in [0.15, 0.2) is 0 Å². The van der Waals surface area contributed by atoms with Gasteiger partial charge < -0.3 is 15.1 Å². The molecule has 0 aliphatic rings. The predicted molar refractivity (Wildman–Crippen MR) is 121 cm³/mol. The van der Waals surface area contributed by atoms with E-state index < -0.39 is 17.4 Å². The summed E-state index contributed by atoms with van der Waals surface area (Å²) in [6, 6.07) is 12.3. The summed E-state index contributed by atoms with van der Waals surface area (Å²) in [6.45, 7) is 2.43. The number of aryl methyl sites for hydroxylation is 1. The zero-order chi connectivity index (χ0) is 22.4. The van der Waals surface area contributed by atoms with E-state index in [1.807, 2.05) is 18.2 Å². The van der Waals surface area contributed by atoms with Crippen LogP contribution in [0.3, 0.4) is 0 Å². The van der Waals surface area contributed by atoms with Gasteiger partial charge in [-0.3, -0.25) is 0 Å². The topological polar surface area (TPSA) is 69.6 Å². The van der Waals surface area contributed by atoms with E-state index in [-0.39, 0.29) is 6.42 Å². The van der Waals surface area contributed by atoms with Crippen molar-refractivity contribution < 1.29 is 23.9 Å². The summed E-state index contributed by atoms with van der Waals surface area (Å²) in [5.41, 5.74) is -2.10. The second kappa shape index (κ2) is 10.7. The van der Waals surface area contributed by atoms with Gasteiger partial charge in [0.05, 0.1) is 5.41 Å². The monoisotopic (exact) mass is 473 g/mol. The summed E-state index contributed by atoms with van der Waals surface area (Å²) in [6.07, 6.45) is -1.89. The van der Waals surface area contributed by atoms with Crippen LogP contribution in [0.15, 0.2) is 41.8 Å². The Balaban J connectivity index is 0.00000101. The molecule has 0 bridgehead atoms. The molecule has 3 aromatic rings. The third-order valence-corrected chi connectivity index (χ3v) is 8.50. The van der Waals surface area contributed by atoms with Gasteiger partial charge in [-0.05, 0) is 62.4 Å². The summed E-state index contributed by atoms with van der Waals surface area (Å²) >= 11 is 5.02. The molecule has 2 atom stereocenters. The molecule has 4 nitrogen and oxygen atoms in total. The molecule has 0 aliphatic carbocycles. The van der Waals surface area contributed by atoms with E-state index in [1.54, 1.807) is 39.5 Å². The molecule has 3 rings (SSSR count). The van der Waals surface area contributed by atoms with E-state index in [4.69, 9.17) is 5.21 Å². The highest BCUT2D eigenvalue weighted by Crippen LogP contribution is 2.41. The quantitative estimate of drug-likeness (QED) is 0.279. The number of thiophene rings is 3. The SMILES string of the molecule is CC(C=O)(CCc1ccc(-c2ccc(-c3cccs3)s2)s1)C(C)(O)C(F)F.CNO. The van der Waals surface area contributed by atoms with E-state index in [2.05, 4.69) is 23.6 Å². The molecule has 0 spiro atoms. The Hall–Kier alpha value is -1.49. The minimum atomic E-state index is -2.98. The van der Waals surface area contributed by atoms with Crippen molar-refractivity contribution in [2.75, 3.05) is 7.05 Å². The molecule has 2 unspecified atom stereocenters. The van der Waals surface area contributed by atoms with Gasteiger partial charge in [0.2, 0.25) is 0 Å². The second-order valence-electron chi connectivity index (χ2n) is 7.11. The van der Waals surface area contributed by atoms with Crippen LogP contribution in [0.2, 0.25) is 0 Å². The van der Waals surface area contributed by atoms with Crippen LogP contribution >= 0.6 is 34.0 Å². The molecule has 0 radical (unpaired) electrons. The first-order chi connectivity index (χ1) is 14.2. The van der Waals surface area contributed by atoms with Gasteiger partial charge in [0.25, 0.3) is 6.43 Å². The van der Waals surface area contributed by atoms with E-state index >= 15 is 0 Å². The Kier molecular flexibility index (Phi) is 8.84. The van der Waals surface area contributed by atoms with Gasteiger partial charge >= 0.3 is 0 Å². The molecule has 164 valence electrons. The lowest BCUT2D eigenvalue weighted by atomic mass is 9.72. The van der Waals surface area contributed by atoms with Crippen LogP contribution in [0, 0.1) is 5.41 Å². The number of hydroxylamine groups is 1. The van der Waals surface area contributed by atoms with Gasteiger partial charge in [0.1, 0.15) is 11.9 Å². The third kappa shape index (κ3) is 5.60. The zero-order valence-electron chi connectivity index (χ0n) is 16.9. The van der Waals surface area contributed by atoms with Crippen LogP contribution in [0.5, 0.6) is 0 Å². The van der Waals surface area contributed by atoms with Crippen molar-refractivity contribution in [2.24, 2.45) is 5.41 Å². The first kappa shape index (κ1) is 24.8. The molecule has 0 saturated carbocycles. The Bertz CT molecular complexity index is 922. The predicted octanol–water partition coefficient (Wildman–Crippen LogP) is 5.95. The average molecular weight is 474 g/mol. The smallest absolute Gasteiger partial charge is 0.267 e. The summed E-state index contributed by atoms with van der Waals surface area (Å²) in [7, 11) is 1.43. The number of aldehydes is 1. The number of carbonyl (C=O) groups is 1. The van der Waals surface area contributed by atoms with Crippen LogP contribution in [0.1, 0.15) is 25.1 Å². The van der Waals surface area contributed by atoms with Crippen LogP contribution < -0.4 is 5.48 Å². The third-order valence-electron chi connectivity index (χ3n) is 5.01. The normalized spacial score (nSPS) is 15.2. The number of rotatable bonds is 8. The number of nitrogens with one attached hydrogen (secondary N) is 1. The Morgan fingerprint density at radius 3 is 2.17 bits per heavy atom. The molecular formula is C21H25F2NO3S3. The van der Waals surface area contributed by atoms with Gasteiger partial charge in [0, 0.05) is 31.4 Å². The largest absolute Gasteiger partial charge is 0.383 e. The van der Waals surface area contributed by atoms with Gasteiger partial charge in [-0.25, -0.2) is 14.3 Å². The maximum Gasteiger partial charge on any atom is 0.267 e. The maximum absolute atomic E-state index is 13.2. The lowest BCUT2D eigenvalue weighted by Crippen LogP contribution is -2.51. The molecule has 30 heavy (non-hydrogen) atoms. The van der Waals surface area contributed by atoms with Gasteiger partial charge in [-0.1, -0.05) is 6.07 Å². The fourth-order valence-electron chi connectivity index (χ4n) is 2.73. The van der Waals surface area contributed by atoms with Crippen molar-refractivity contribution in [1.82, 2.24) is 5.48 Å². The molecule has 0 amide bonds. The van der Waals surface area contributed by atoms with E-state index in [9.17, 15) is 18.7 Å². The first-order valence-corrected chi connectivity index (χ1v) is 11.7. The standard InChI is InChI=1S/C20H20F2O2S3.CH5NO/c1-19(12-23,20(2,24)18(21)22)10-9-13-5-6-16(26-13)17-8-7-15(27-17)14-4-3-11-25-14;1-2-3/h3-8,11-12,18,24H,9-10H2,1-2H3;2-3H,1H3. The number of aliphatic hydroxyl groups is 1. The number of alkyl halides is 2. The van der Waals surface area contributed by atoms with Crippen LogP contribution in [0.25, 0.3) is 19.5 Å². The van der Waals surface area contributed by atoms with E-state index in [1.165, 1.54) is 23.7 Å². The lowest BCUT2D eigenvalue weighted by Gasteiger charge is -2.37. The molecule has 9 heteroatoms. The van der Waals surface area contributed by atoms with Crippen molar-refractivity contribution >= 4 is 40.3 Å². The highest BCUT2D eigenvalue weighted by atomic mass is 32.1. The molecule has 0 aliphatic heterocycles. The number of carbonyl (C=O) groups excluding carboxylic acids is 1. The van der Waals surface area contributed by atoms with E-state index in [0.717, 1.165) is 21.6 Å². The highest BCUT2D eigenvalue weighted by molar-refractivity contribution is 7.26. The van der Waals surface area contributed by atoms with Crippen molar-refractivity contribution in [3.63, 3.8) is 0 Å². The van der Waals surface area contributed by atoms with Crippen molar-refractivity contribution in [3.05, 3.63) is 46.7 Å². The summed E-state index contributed by atoms with van der Waals surface area (Å²) in [5.74, 6) is 0. The summed E-state index contributed by atoms with van der Waals surface area (Å²) < 4.78 is 26.3. The van der Waals surface area contributed by atoms with Crippen molar-refractivity contribution in [1.29, 1.82) is 0 Å². The fourth-order valence-corrected chi connectivity index (χ4v) is 5.67.